The average Bonchev–Trinajstić information content (AvgIpc) is 3.12. The van der Waals surface area contributed by atoms with Crippen LogP contribution >= 0.6 is 0 Å². The number of hydrogen-bond donors (Lipinski definition) is 4. The summed E-state index contributed by atoms with van der Waals surface area (Å²) in [5.41, 5.74) is 2.91. The van der Waals surface area contributed by atoms with Crippen LogP contribution < -0.4 is 15.8 Å². The molecule has 2 heterocycles. The summed E-state index contributed by atoms with van der Waals surface area (Å²) in [5, 5.41) is 12.3. The lowest BCUT2D eigenvalue weighted by atomic mass is 9.78. The zero-order valence-corrected chi connectivity index (χ0v) is 23.5. The molecule has 2 aliphatic heterocycles. The zero-order valence-electron chi connectivity index (χ0n) is 22.7. The molecule has 1 amide bonds. The van der Waals surface area contributed by atoms with Crippen molar-refractivity contribution < 1.29 is 37.2 Å². The van der Waals surface area contributed by atoms with Gasteiger partial charge in [-0.1, -0.05) is 6.42 Å². The highest BCUT2D eigenvalue weighted by molar-refractivity contribution is 7.87. The van der Waals surface area contributed by atoms with E-state index < -0.39 is 63.7 Å². The van der Waals surface area contributed by atoms with Gasteiger partial charge in [-0.05, 0) is 68.1 Å². The SMILES string of the molecule is C[C@H](CNC(=O)OC(C)(C)C)NS(=O)(=O)N1C[C@H](CCCB2OC(C)(C)C(C)(C)O2)[C@](N)(C(=O)O)C1. The number of alkyl carbamates (subject to hydrolysis) is 1. The van der Waals surface area contributed by atoms with E-state index in [2.05, 4.69) is 10.0 Å². The summed E-state index contributed by atoms with van der Waals surface area (Å²) in [6, 6.07) is -0.665. The van der Waals surface area contributed by atoms with Crippen molar-refractivity contribution in [2.24, 2.45) is 11.7 Å². The van der Waals surface area contributed by atoms with Crippen LogP contribution in [0.5, 0.6) is 0 Å². The number of hydrogen-bond acceptors (Lipinski definition) is 8. The second kappa shape index (κ2) is 10.7. The highest BCUT2D eigenvalue weighted by Gasteiger charge is 2.53. The highest BCUT2D eigenvalue weighted by atomic mass is 32.2. The first kappa shape index (κ1) is 30.8. The Bertz CT molecular complexity index is 907. The van der Waals surface area contributed by atoms with Gasteiger partial charge in [-0.25, -0.2) is 4.79 Å². The Kier molecular flexibility index (Phi) is 9.18. The average molecular weight is 534 g/mol. The van der Waals surface area contributed by atoms with E-state index in [9.17, 15) is 23.1 Å². The van der Waals surface area contributed by atoms with Crippen LogP contribution in [0.4, 0.5) is 4.79 Å². The van der Waals surface area contributed by atoms with Crippen molar-refractivity contribution in [3.05, 3.63) is 0 Å². The van der Waals surface area contributed by atoms with Gasteiger partial charge >= 0.3 is 19.2 Å². The summed E-state index contributed by atoms with van der Waals surface area (Å²) in [6.07, 6.45) is 0.834. The van der Waals surface area contributed by atoms with Gasteiger partial charge in [0, 0.05) is 31.6 Å². The summed E-state index contributed by atoms with van der Waals surface area (Å²) in [5.74, 6) is -1.84. The number of carbonyl (C=O) groups excluding carboxylic acids is 1. The molecule has 2 aliphatic rings. The molecule has 0 saturated carbocycles. The first-order chi connectivity index (χ1) is 16.2. The molecule has 12 nitrogen and oxygen atoms in total. The molecule has 5 N–H and O–H groups in total. The molecule has 2 rings (SSSR count). The molecule has 0 aromatic heterocycles. The van der Waals surface area contributed by atoms with Gasteiger partial charge < -0.3 is 30.2 Å². The van der Waals surface area contributed by atoms with Gasteiger partial charge in [-0.3, -0.25) is 4.79 Å². The molecule has 3 atom stereocenters. The minimum atomic E-state index is -4.05. The van der Waals surface area contributed by atoms with Crippen molar-refractivity contribution in [3.63, 3.8) is 0 Å². The van der Waals surface area contributed by atoms with Gasteiger partial charge in [-0.2, -0.15) is 17.4 Å². The third kappa shape index (κ3) is 7.54. The van der Waals surface area contributed by atoms with Crippen LogP contribution in [0.2, 0.25) is 6.32 Å². The van der Waals surface area contributed by atoms with E-state index >= 15 is 0 Å². The molecule has 2 fully saturated rings. The summed E-state index contributed by atoms with van der Waals surface area (Å²) in [7, 11) is -4.48. The molecule has 0 unspecified atom stereocenters. The van der Waals surface area contributed by atoms with E-state index in [1.807, 2.05) is 27.7 Å². The van der Waals surface area contributed by atoms with Crippen molar-refractivity contribution in [1.82, 2.24) is 14.3 Å². The van der Waals surface area contributed by atoms with Gasteiger partial charge in [0.05, 0.1) is 11.2 Å². The van der Waals surface area contributed by atoms with Gasteiger partial charge in [0.15, 0.2) is 0 Å². The molecule has 36 heavy (non-hydrogen) atoms. The van der Waals surface area contributed by atoms with Crippen molar-refractivity contribution in [2.45, 2.75) is 103 Å². The van der Waals surface area contributed by atoms with E-state index in [0.717, 1.165) is 4.31 Å². The van der Waals surface area contributed by atoms with E-state index in [-0.39, 0.29) is 19.6 Å². The van der Waals surface area contributed by atoms with Crippen LogP contribution in [0.3, 0.4) is 0 Å². The van der Waals surface area contributed by atoms with Crippen LogP contribution in [0.15, 0.2) is 0 Å². The number of nitrogens with two attached hydrogens (primary N) is 1. The van der Waals surface area contributed by atoms with Crippen LogP contribution in [0.1, 0.15) is 68.2 Å². The summed E-state index contributed by atoms with van der Waals surface area (Å²) < 4.78 is 46.6. The van der Waals surface area contributed by atoms with Crippen molar-refractivity contribution >= 4 is 29.4 Å². The number of ether oxygens (including phenoxy) is 1. The number of carboxylic acid groups (broad SMARTS) is 1. The van der Waals surface area contributed by atoms with E-state index in [1.54, 1.807) is 27.7 Å². The normalized spacial score (nSPS) is 27.1. The van der Waals surface area contributed by atoms with Crippen LogP contribution in [0.25, 0.3) is 0 Å². The molecule has 0 aromatic carbocycles. The number of rotatable bonds is 10. The number of nitrogens with zero attached hydrogens (tertiary/aromatic N) is 1. The smallest absolute Gasteiger partial charge is 0.457 e. The Balaban J connectivity index is 1.95. The fraction of sp³-hybridized carbons (Fsp3) is 0.909. The Morgan fingerprint density at radius 3 is 2.28 bits per heavy atom. The predicted octanol–water partition coefficient (Wildman–Crippen LogP) is 1.32. The molecule has 2 saturated heterocycles. The number of aliphatic carboxylic acids is 1. The third-order valence-electron chi connectivity index (χ3n) is 6.92. The number of carbonyl (C=O) groups is 2. The molecule has 14 heteroatoms. The molecule has 0 aromatic rings. The lowest BCUT2D eigenvalue weighted by Gasteiger charge is -2.32. The zero-order chi connectivity index (χ0) is 27.7. The second-order valence-electron chi connectivity index (χ2n) is 11.9. The molecule has 208 valence electrons. The van der Waals surface area contributed by atoms with E-state index in [1.165, 1.54) is 0 Å². The fourth-order valence-electron chi connectivity index (χ4n) is 4.20. The maximum absolute atomic E-state index is 13.0. The largest absolute Gasteiger partial charge is 0.480 e. The summed E-state index contributed by atoms with van der Waals surface area (Å²) in [6.45, 7) is 14.2. The summed E-state index contributed by atoms with van der Waals surface area (Å²) >= 11 is 0. The molecule has 0 spiro atoms. The quantitative estimate of drug-likeness (QED) is 0.302. The van der Waals surface area contributed by atoms with Gasteiger partial charge in [-0.15, -0.1) is 0 Å². The van der Waals surface area contributed by atoms with E-state index in [0.29, 0.717) is 19.2 Å². The topological polar surface area (TPSA) is 170 Å². The standard InChI is InChI=1S/C22H43BN4O8S/c1-15(12-25-18(30)33-19(2,3)4)26-36(31,32)27-13-16(22(24,14-27)17(28)29)10-9-11-23-34-20(5,6)21(7,8)35-23/h15-16,26H,9-14,24H2,1-8H3,(H,25,30)(H,28,29)/t15-,16+,22+/m1/s1. The highest BCUT2D eigenvalue weighted by Crippen LogP contribution is 2.39. The van der Waals surface area contributed by atoms with Crippen LogP contribution in [-0.4, -0.2) is 85.0 Å². The Morgan fingerprint density at radius 2 is 1.78 bits per heavy atom. The van der Waals surface area contributed by atoms with Crippen LogP contribution in [-0.2, 0) is 29.0 Å². The van der Waals surface area contributed by atoms with Crippen molar-refractivity contribution in [3.8, 4) is 0 Å². The third-order valence-corrected chi connectivity index (χ3v) is 8.58. The Morgan fingerprint density at radius 1 is 1.22 bits per heavy atom. The number of nitrogens with one attached hydrogen (secondary N) is 2. The van der Waals surface area contributed by atoms with Gasteiger partial charge in [0.1, 0.15) is 11.1 Å². The molecule has 0 radical (unpaired) electrons. The lowest BCUT2D eigenvalue weighted by molar-refractivity contribution is -0.144. The Hall–Kier alpha value is -1.45. The van der Waals surface area contributed by atoms with E-state index in [4.69, 9.17) is 19.8 Å². The molecular formula is C22H43BN4O8S. The lowest BCUT2D eigenvalue weighted by Crippen LogP contribution is -2.55. The first-order valence-electron chi connectivity index (χ1n) is 12.3. The van der Waals surface area contributed by atoms with Crippen molar-refractivity contribution in [2.75, 3.05) is 19.6 Å². The molecular weight excluding hydrogens is 491 g/mol. The minimum Gasteiger partial charge on any atom is -0.480 e. The maximum Gasteiger partial charge on any atom is 0.457 e. The van der Waals surface area contributed by atoms with Gasteiger partial charge in [0.25, 0.3) is 10.2 Å². The van der Waals surface area contributed by atoms with Crippen LogP contribution in [0, 0.1) is 5.92 Å². The first-order valence-corrected chi connectivity index (χ1v) is 13.7. The van der Waals surface area contributed by atoms with Gasteiger partial charge in [0.2, 0.25) is 0 Å². The molecule has 0 aliphatic carbocycles. The minimum absolute atomic E-state index is 0.00774. The number of amides is 1. The van der Waals surface area contributed by atoms with Crippen molar-refractivity contribution in [1.29, 1.82) is 0 Å². The fourth-order valence-corrected chi connectivity index (χ4v) is 5.70. The molecule has 0 bridgehead atoms. The second-order valence-corrected chi connectivity index (χ2v) is 13.6. The monoisotopic (exact) mass is 534 g/mol. The number of carboxylic acids is 1. The maximum atomic E-state index is 13.0. The predicted molar refractivity (Wildman–Crippen MR) is 135 cm³/mol. The summed E-state index contributed by atoms with van der Waals surface area (Å²) in [4.78, 5) is 23.9. The Labute approximate surface area is 215 Å².